The molecular formula is C22H21ClN2O3. The Morgan fingerprint density at radius 2 is 1.86 bits per heavy atom. The first-order valence-electron chi connectivity index (χ1n) is 9.36. The number of fused-ring (bicyclic) bond motifs is 1. The van der Waals surface area contributed by atoms with Crippen molar-refractivity contribution in [1.82, 2.24) is 9.88 Å². The van der Waals surface area contributed by atoms with Crippen LogP contribution in [-0.4, -0.2) is 21.6 Å². The zero-order valence-electron chi connectivity index (χ0n) is 15.5. The fourth-order valence-electron chi connectivity index (χ4n) is 3.49. The molecule has 0 unspecified atom stereocenters. The molecule has 1 aromatic heterocycles. The lowest BCUT2D eigenvalue weighted by atomic mass is 10.1. The number of carboxylic acids is 1. The molecule has 1 saturated carbocycles. The highest BCUT2D eigenvalue weighted by atomic mass is 35.5. The Morgan fingerprint density at radius 3 is 2.50 bits per heavy atom. The number of carboxylic acid groups (broad SMARTS) is 1. The van der Waals surface area contributed by atoms with Crippen LogP contribution in [0.3, 0.4) is 0 Å². The smallest absolute Gasteiger partial charge is 0.335 e. The van der Waals surface area contributed by atoms with E-state index in [-0.39, 0.29) is 17.5 Å². The van der Waals surface area contributed by atoms with Gasteiger partial charge in [0.1, 0.15) is 5.69 Å². The Balaban J connectivity index is 1.63. The molecule has 0 bridgehead atoms. The third-order valence-corrected chi connectivity index (χ3v) is 5.65. The van der Waals surface area contributed by atoms with Crippen LogP contribution in [0.25, 0.3) is 10.9 Å². The maximum atomic E-state index is 13.1. The van der Waals surface area contributed by atoms with Crippen LogP contribution in [0.5, 0.6) is 0 Å². The number of hydrogen-bond acceptors (Lipinski definition) is 2. The average molecular weight is 397 g/mol. The quantitative estimate of drug-likeness (QED) is 0.622. The number of hydrogen-bond donors (Lipinski definition) is 2. The minimum atomic E-state index is -0.973. The van der Waals surface area contributed by atoms with Gasteiger partial charge < -0.3 is 15.0 Å². The van der Waals surface area contributed by atoms with Crippen molar-refractivity contribution in [3.05, 3.63) is 70.4 Å². The van der Waals surface area contributed by atoms with E-state index in [0.29, 0.717) is 16.6 Å². The summed E-state index contributed by atoms with van der Waals surface area (Å²) in [7, 11) is 0. The van der Waals surface area contributed by atoms with Gasteiger partial charge in [-0.2, -0.15) is 0 Å². The normalized spacial score (nSPS) is 14.8. The highest BCUT2D eigenvalue weighted by molar-refractivity contribution is 6.38. The number of rotatable bonds is 6. The first-order valence-corrected chi connectivity index (χ1v) is 9.74. The number of aromatic carboxylic acids is 1. The minimum absolute atomic E-state index is 0.217. The maximum absolute atomic E-state index is 13.1. The number of amides is 1. The van der Waals surface area contributed by atoms with Crippen LogP contribution in [-0.2, 0) is 6.54 Å². The predicted molar refractivity (Wildman–Crippen MR) is 109 cm³/mol. The van der Waals surface area contributed by atoms with Crippen molar-refractivity contribution in [2.45, 2.75) is 32.4 Å². The molecule has 1 aliphatic carbocycles. The summed E-state index contributed by atoms with van der Waals surface area (Å²) in [4.78, 5) is 24.1. The number of aromatic nitrogens is 1. The monoisotopic (exact) mass is 396 g/mol. The van der Waals surface area contributed by atoms with Crippen LogP contribution in [0.1, 0.15) is 52.2 Å². The Kier molecular flexibility index (Phi) is 4.85. The van der Waals surface area contributed by atoms with Crippen molar-refractivity contribution >= 4 is 34.4 Å². The second-order valence-electron chi connectivity index (χ2n) is 7.36. The molecule has 1 amide bonds. The van der Waals surface area contributed by atoms with Gasteiger partial charge in [-0.3, -0.25) is 4.79 Å². The molecule has 1 fully saturated rings. The van der Waals surface area contributed by atoms with Gasteiger partial charge in [-0.1, -0.05) is 41.9 Å². The summed E-state index contributed by atoms with van der Waals surface area (Å²) in [5, 5.41) is 13.4. The number of carbonyl (C=O) groups is 2. The fourth-order valence-corrected chi connectivity index (χ4v) is 3.84. The van der Waals surface area contributed by atoms with Crippen LogP contribution >= 0.6 is 11.6 Å². The summed E-state index contributed by atoms with van der Waals surface area (Å²) < 4.78 is 2.03. The van der Waals surface area contributed by atoms with Gasteiger partial charge in [-0.15, -0.1) is 0 Å². The van der Waals surface area contributed by atoms with E-state index in [9.17, 15) is 9.59 Å². The zero-order valence-corrected chi connectivity index (χ0v) is 16.2. The lowest BCUT2D eigenvalue weighted by Gasteiger charge is -2.16. The average Bonchev–Trinajstić information content (AvgIpc) is 3.46. The number of nitrogens with zero attached hydrogens (tertiary/aromatic N) is 1. The Morgan fingerprint density at radius 1 is 1.18 bits per heavy atom. The summed E-state index contributed by atoms with van der Waals surface area (Å²) in [6.45, 7) is 2.66. The van der Waals surface area contributed by atoms with Gasteiger partial charge in [0.2, 0.25) is 0 Å². The van der Waals surface area contributed by atoms with Crippen molar-refractivity contribution in [2.75, 3.05) is 0 Å². The van der Waals surface area contributed by atoms with Crippen LogP contribution in [0.4, 0.5) is 0 Å². The Bertz CT molecular complexity index is 1050. The minimum Gasteiger partial charge on any atom is -0.478 e. The molecule has 0 spiro atoms. The zero-order chi connectivity index (χ0) is 19.8. The molecule has 0 radical (unpaired) electrons. The van der Waals surface area contributed by atoms with Gasteiger partial charge in [0, 0.05) is 11.9 Å². The van der Waals surface area contributed by atoms with E-state index in [1.54, 1.807) is 12.1 Å². The molecule has 0 aliphatic heterocycles. The SMILES string of the molecule is C[C@H](NC(=O)c1c(Cl)c2ccccc2n1CC1CC1)c1ccc(C(=O)O)cc1. The second-order valence-corrected chi connectivity index (χ2v) is 7.73. The van der Waals surface area contributed by atoms with E-state index in [2.05, 4.69) is 5.32 Å². The van der Waals surface area contributed by atoms with Crippen LogP contribution < -0.4 is 5.32 Å². The molecule has 1 atom stereocenters. The van der Waals surface area contributed by atoms with Gasteiger partial charge in [0.25, 0.3) is 5.91 Å². The largest absolute Gasteiger partial charge is 0.478 e. The van der Waals surface area contributed by atoms with Crippen LogP contribution in [0.15, 0.2) is 48.5 Å². The summed E-state index contributed by atoms with van der Waals surface area (Å²) in [5.74, 6) is -0.601. The maximum Gasteiger partial charge on any atom is 0.335 e. The van der Waals surface area contributed by atoms with Gasteiger partial charge in [-0.05, 0) is 49.4 Å². The van der Waals surface area contributed by atoms with Crippen molar-refractivity contribution in [2.24, 2.45) is 5.92 Å². The molecule has 3 aromatic rings. The molecule has 5 nitrogen and oxygen atoms in total. The lowest BCUT2D eigenvalue weighted by Crippen LogP contribution is -2.29. The Hall–Kier alpha value is -2.79. The first-order chi connectivity index (χ1) is 13.5. The topological polar surface area (TPSA) is 71.3 Å². The predicted octanol–water partition coefficient (Wildman–Crippen LogP) is 4.89. The van der Waals surface area contributed by atoms with Gasteiger partial charge in [-0.25, -0.2) is 4.79 Å². The van der Waals surface area contributed by atoms with E-state index in [4.69, 9.17) is 16.7 Å². The summed E-state index contributed by atoms with van der Waals surface area (Å²) in [6, 6.07) is 14.0. The lowest BCUT2D eigenvalue weighted by molar-refractivity contribution is 0.0696. The number of para-hydroxylation sites is 1. The van der Waals surface area contributed by atoms with Crippen LogP contribution in [0, 0.1) is 5.92 Å². The number of nitrogens with one attached hydrogen (secondary N) is 1. The highest BCUT2D eigenvalue weighted by Crippen LogP contribution is 2.36. The van der Waals surface area contributed by atoms with E-state index < -0.39 is 5.97 Å². The third-order valence-electron chi connectivity index (χ3n) is 5.27. The molecule has 6 heteroatoms. The molecule has 1 aliphatic rings. The van der Waals surface area contributed by atoms with Crippen LogP contribution in [0.2, 0.25) is 5.02 Å². The highest BCUT2D eigenvalue weighted by Gasteiger charge is 2.28. The van der Waals surface area contributed by atoms with E-state index in [1.165, 1.54) is 25.0 Å². The van der Waals surface area contributed by atoms with Gasteiger partial charge in [0.15, 0.2) is 0 Å². The molecule has 1 heterocycles. The number of carbonyl (C=O) groups excluding carboxylic acids is 1. The summed E-state index contributed by atoms with van der Waals surface area (Å²) in [5.41, 5.74) is 2.51. The second kappa shape index (κ2) is 7.32. The molecule has 2 aromatic carbocycles. The molecule has 28 heavy (non-hydrogen) atoms. The van der Waals surface area contributed by atoms with Gasteiger partial charge >= 0.3 is 5.97 Å². The Labute approximate surface area is 167 Å². The third kappa shape index (κ3) is 3.50. The van der Waals surface area contributed by atoms with Crippen molar-refractivity contribution < 1.29 is 14.7 Å². The van der Waals surface area contributed by atoms with Crippen molar-refractivity contribution in [3.63, 3.8) is 0 Å². The van der Waals surface area contributed by atoms with E-state index in [1.807, 2.05) is 35.8 Å². The van der Waals surface area contributed by atoms with Crippen molar-refractivity contribution in [3.8, 4) is 0 Å². The van der Waals surface area contributed by atoms with Gasteiger partial charge in [0.05, 0.1) is 22.1 Å². The molecular weight excluding hydrogens is 376 g/mol. The first kappa shape index (κ1) is 18.6. The molecule has 4 rings (SSSR count). The molecule has 144 valence electrons. The standard InChI is InChI=1S/C22H21ClN2O3/c1-13(15-8-10-16(11-9-15)22(27)28)24-21(26)20-19(23)17-4-2-3-5-18(17)25(20)12-14-6-7-14/h2-5,8-11,13-14H,6-7,12H2,1H3,(H,24,26)(H,27,28)/t13-/m0/s1. The molecule has 2 N–H and O–H groups in total. The summed E-state index contributed by atoms with van der Waals surface area (Å²) in [6.07, 6.45) is 2.36. The number of benzene rings is 2. The van der Waals surface area contributed by atoms with Crippen molar-refractivity contribution in [1.29, 1.82) is 0 Å². The fraction of sp³-hybridized carbons (Fsp3) is 0.273. The van der Waals surface area contributed by atoms with E-state index >= 15 is 0 Å². The molecule has 0 saturated heterocycles. The number of halogens is 1. The van der Waals surface area contributed by atoms with E-state index in [0.717, 1.165) is 23.0 Å². The summed E-state index contributed by atoms with van der Waals surface area (Å²) >= 11 is 6.60.